The Morgan fingerprint density at radius 2 is 1.81 bits per heavy atom. The predicted octanol–water partition coefficient (Wildman–Crippen LogP) is 2.54. The van der Waals surface area contributed by atoms with Gasteiger partial charge in [0.05, 0.1) is 19.9 Å². The number of carbonyl (C=O) groups excluding carboxylic acids is 2. The largest absolute Gasteiger partial charge is 0.497 e. The molecule has 3 aromatic rings. The van der Waals surface area contributed by atoms with Crippen LogP contribution in [-0.4, -0.2) is 23.9 Å². The maximum Gasteiger partial charge on any atom is 0.270 e. The maximum absolute atomic E-state index is 12.3. The van der Waals surface area contributed by atoms with Crippen molar-refractivity contribution < 1.29 is 18.7 Å². The van der Waals surface area contributed by atoms with Crippen LogP contribution in [-0.2, 0) is 13.1 Å². The summed E-state index contributed by atoms with van der Waals surface area (Å²) < 4.78 is 10.3. The molecule has 0 fully saturated rings. The molecule has 0 saturated heterocycles. The average Bonchev–Trinajstić information content (AvgIpc) is 3.24. The van der Waals surface area contributed by atoms with E-state index in [0.717, 1.165) is 11.3 Å². The number of benzene rings is 1. The molecule has 0 saturated carbocycles. The summed E-state index contributed by atoms with van der Waals surface area (Å²) in [5.41, 5.74) is 1.46. The van der Waals surface area contributed by atoms with Crippen LogP contribution in [0.4, 0.5) is 0 Å². The van der Waals surface area contributed by atoms with Crippen LogP contribution in [0.3, 0.4) is 0 Å². The monoisotopic (exact) mass is 365 g/mol. The number of rotatable bonds is 7. The maximum atomic E-state index is 12.3. The molecule has 138 valence electrons. The highest BCUT2D eigenvalue weighted by Gasteiger charge is 2.12. The molecule has 0 aliphatic heterocycles. The molecule has 0 unspecified atom stereocenters. The van der Waals surface area contributed by atoms with Gasteiger partial charge in [0, 0.05) is 18.3 Å². The molecule has 0 aliphatic carbocycles. The second kappa shape index (κ2) is 8.66. The van der Waals surface area contributed by atoms with E-state index in [-0.39, 0.29) is 24.1 Å². The number of methoxy groups -OCH3 is 1. The van der Waals surface area contributed by atoms with Crippen LogP contribution >= 0.6 is 0 Å². The van der Waals surface area contributed by atoms with Crippen LogP contribution in [0, 0.1) is 0 Å². The number of nitrogens with one attached hydrogen (secondary N) is 2. The van der Waals surface area contributed by atoms with Gasteiger partial charge in [-0.05, 0) is 42.0 Å². The Hall–Kier alpha value is -3.61. The molecule has 2 aromatic heterocycles. The molecule has 0 aliphatic rings. The minimum Gasteiger partial charge on any atom is -0.497 e. The number of aromatic nitrogens is 1. The third-order valence-corrected chi connectivity index (χ3v) is 3.87. The summed E-state index contributed by atoms with van der Waals surface area (Å²) in [7, 11) is 1.60. The van der Waals surface area contributed by atoms with E-state index in [1.165, 1.54) is 12.3 Å². The molecule has 3 rings (SSSR count). The minimum absolute atomic E-state index is 0.175. The molecule has 27 heavy (non-hydrogen) atoms. The van der Waals surface area contributed by atoms with E-state index in [0.29, 0.717) is 17.9 Å². The quantitative estimate of drug-likeness (QED) is 0.671. The standard InChI is InChI=1S/C20H19N3O4/c1-26-16-6-4-14(5-7-16)12-22-20(25)18-11-15(8-9-21-18)19(24)23-13-17-3-2-10-27-17/h2-11H,12-13H2,1H3,(H,22,25)(H,23,24). The SMILES string of the molecule is COc1ccc(CNC(=O)c2cc(C(=O)NCc3ccco3)ccn2)cc1. The van der Waals surface area contributed by atoms with E-state index in [2.05, 4.69) is 15.6 Å². The molecule has 2 amide bonds. The first kappa shape index (κ1) is 18.2. The Labute approximate surface area is 156 Å². The van der Waals surface area contributed by atoms with Gasteiger partial charge >= 0.3 is 0 Å². The van der Waals surface area contributed by atoms with Crippen LogP contribution in [0.5, 0.6) is 5.75 Å². The highest BCUT2D eigenvalue weighted by atomic mass is 16.5. The van der Waals surface area contributed by atoms with Crippen molar-refractivity contribution in [3.63, 3.8) is 0 Å². The molecule has 0 atom stereocenters. The second-order valence-corrected chi connectivity index (χ2v) is 5.72. The summed E-state index contributed by atoms with van der Waals surface area (Å²) in [5, 5.41) is 5.52. The Morgan fingerprint density at radius 3 is 2.52 bits per heavy atom. The van der Waals surface area contributed by atoms with Crippen molar-refractivity contribution in [2.24, 2.45) is 0 Å². The van der Waals surface area contributed by atoms with E-state index in [4.69, 9.17) is 9.15 Å². The van der Waals surface area contributed by atoms with Gasteiger partial charge in [0.25, 0.3) is 11.8 Å². The molecular formula is C20H19N3O4. The lowest BCUT2D eigenvalue weighted by molar-refractivity contribution is 0.0946. The van der Waals surface area contributed by atoms with Crippen LogP contribution in [0.15, 0.2) is 65.4 Å². The lowest BCUT2D eigenvalue weighted by Crippen LogP contribution is -2.26. The van der Waals surface area contributed by atoms with Gasteiger partial charge in [0.1, 0.15) is 17.2 Å². The van der Waals surface area contributed by atoms with E-state index < -0.39 is 0 Å². The highest BCUT2D eigenvalue weighted by Crippen LogP contribution is 2.11. The molecule has 7 nitrogen and oxygen atoms in total. The van der Waals surface area contributed by atoms with E-state index >= 15 is 0 Å². The number of carbonyl (C=O) groups is 2. The fourth-order valence-corrected chi connectivity index (χ4v) is 2.39. The van der Waals surface area contributed by atoms with Crippen molar-refractivity contribution in [2.45, 2.75) is 13.1 Å². The Kier molecular flexibility index (Phi) is 5.84. The molecule has 2 heterocycles. The third kappa shape index (κ3) is 4.94. The van der Waals surface area contributed by atoms with Gasteiger partial charge in [0.2, 0.25) is 0 Å². The van der Waals surface area contributed by atoms with Crippen LogP contribution in [0.1, 0.15) is 32.2 Å². The molecule has 7 heteroatoms. The first-order valence-electron chi connectivity index (χ1n) is 8.33. The van der Waals surface area contributed by atoms with E-state index in [1.54, 1.807) is 31.6 Å². The number of pyridine rings is 1. The third-order valence-electron chi connectivity index (χ3n) is 3.87. The molecule has 2 N–H and O–H groups in total. The van der Waals surface area contributed by atoms with Crippen molar-refractivity contribution in [3.8, 4) is 5.75 Å². The van der Waals surface area contributed by atoms with Gasteiger partial charge in [0.15, 0.2) is 0 Å². The van der Waals surface area contributed by atoms with Gasteiger partial charge < -0.3 is 19.8 Å². The van der Waals surface area contributed by atoms with E-state index in [9.17, 15) is 9.59 Å². The molecule has 0 bridgehead atoms. The minimum atomic E-state index is -0.355. The average molecular weight is 365 g/mol. The van der Waals surface area contributed by atoms with Gasteiger partial charge in [-0.2, -0.15) is 0 Å². The number of hydrogen-bond acceptors (Lipinski definition) is 5. The zero-order valence-corrected chi connectivity index (χ0v) is 14.8. The van der Waals surface area contributed by atoms with Gasteiger partial charge in [-0.15, -0.1) is 0 Å². The fourth-order valence-electron chi connectivity index (χ4n) is 2.39. The number of amides is 2. The molecule has 0 radical (unpaired) electrons. The first-order valence-corrected chi connectivity index (χ1v) is 8.33. The zero-order chi connectivity index (χ0) is 19.1. The summed E-state index contributed by atoms with van der Waals surface area (Å²) in [6, 6.07) is 13.9. The van der Waals surface area contributed by atoms with Crippen molar-refractivity contribution in [1.82, 2.24) is 15.6 Å². The molecular weight excluding hydrogens is 346 g/mol. The smallest absolute Gasteiger partial charge is 0.270 e. The highest BCUT2D eigenvalue weighted by molar-refractivity contribution is 5.98. The van der Waals surface area contributed by atoms with Crippen LogP contribution in [0.25, 0.3) is 0 Å². The van der Waals surface area contributed by atoms with Gasteiger partial charge in [-0.3, -0.25) is 14.6 Å². The lowest BCUT2D eigenvalue weighted by atomic mass is 10.2. The number of nitrogens with zero attached hydrogens (tertiary/aromatic N) is 1. The summed E-state index contributed by atoms with van der Waals surface area (Å²) in [6.07, 6.45) is 2.98. The Morgan fingerprint density at radius 1 is 1.04 bits per heavy atom. The van der Waals surface area contributed by atoms with Crippen molar-refractivity contribution in [1.29, 1.82) is 0 Å². The fraction of sp³-hybridized carbons (Fsp3) is 0.150. The summed E-state index contributed by atoms with van der Waals surface area (Å²) in [6.45, 7) is 0.618. The van der Waals surface area contributed by atoms with Crippen molar-refractivity contribution in [2.75, 3.05) is 7.11 Å². The lowest BCUT2D eigenvalue weighted by Gasteiger charge is -2.07. The number of ether oxygens (including phenoxy) is 1. The van der Waals surface area contributed by atoms with Crippen molar-refractivity contribution in [3.05, 3.63) is 83.6 Å². The molecule has 0 spiro atoms. The van der Waals surface area contributed by atoms with Gasteiger partial charge in [-0.25, -0.2) is 0 Å². The number of furan rings is 1. The first-order chi connectivity index (χ1) is 13.2. The van der Waals surface area contributed by atoms with Crippen LogP contribution < -0.4 is 15.4 Å². The zero-order valence-electron chi connectivity index (χ0n) is 14.8. The van der Waals surface area contributed by atoms with Crippen molar-refractivity contribution >= 4 is 11.8 Å². The Bertz CT molecular complexity index is 905. The summed E-state index contributed by atoms with van der Waals surface area (Å²) >= 11 is 0. The molecule has 1 aromatic carbocycles. The topological polar surface area (TPSA) is 93.5 Å². The van der Waals surface area contributed by atoms with Gasteiger partial charge in [-0.1, -0.05) is 12.1 Å². The van der Waals surface area contributed by atoms with Crippen LogP contribution in [0.2, 0.25) is 0 Å². The Balaban J connectivity index is 1.58. The summed E-state index contributed by atoms with van der Waals surface area (Å²) in [4.78, 5) is 28.6. The summed E-state index contributed by atoms with van der Waals surface area (Å²) in [5.74, 6) is 0.736. The van der Waals surface area contributed by atoms with E-state index in [1.807, 2.05) is 24.3 Å². The second-order valence-electron chi connectivity index (χ2n) is 5.72. The normalized spacial score (nSPS) is 10.3. The number of hydrogen-bond donors (Lipinski definition) is 2. The predicted molar refractivity (Wildman–Crippen MR) is 98.3 cm³/mol.